The maximum Gasteiger partial charge on any atom is 0.0471 e. The summed E-state index contributed by atoms with van der Waals surface area (Å²) in [6, 6.07) is 5.14. The summed E-state index contributed by atoms with van der Waals surface area (Å²) in [6.07, 6.45) is 3.91. The normalized spacial score (nSPS) is 25.4. The van der Waals surface area contributed by atoms with Crippen molar-refractivity contribution in [1.29, 1.82) is 0 Å². The first-order chi connectivity index (χ1) is 10.2. The van der Waals surface area contributed by atoms with Gasteiger partial charge in [-0.1, -0.05) is 0 Å². The lowest BCUT2D eigenvalue weighted by molar-refractivity contribution is 0.142. The van der Waals surface area contributed by atoms with Gasteiger partial charge in [-0.3, -0.25) is 9.88 Å². The van der Waals surface area contributed by atoms with Gasteiger partial charge in [0.2, 0.25) is 0 Å². The molecule has 0 bridgehead atoms. The average Bonchev–Trinajstić information content (AvgIpc) is 2.97. The third kappa shape index (κ3) is 3.38. The second kappa shape index (κ2) is 6.32. The molecule has 4 heteroatoms. The van der Waals surface area contributed by atoms with Crippen LogP contribution in [-0.4, -0.2) is 61.1 Å². The number of aromatic nitrogens is 1. The van der Waals surface area contributed by atoms with Crippen LogP contribution < -0.4 is 5.32 Å². The van der Waals surface area contributed by atoms with Crippen molar-refractivity contribution in [2.24, 2.45) is 0 Å². The highest BCUT2D eigenvalue weighted by molar-refractivity contribution is 5.45. The van der Waals surface area contributed by atoms with Gasteiger partial charge >= 0.3 is 0 Å². The molecule has 4 nitrogen and oxygen atoms in total. The average molecular weight is 288 g/mol. The molecule has 21 heavy (non-hydrogen) atoms. The SMILES string of the molecule is CNc1cc(C)nc(C2CCN(C3CCN(C)CC3)C2)c1. The van der Waals surface area contributed by atoms with E-state index in [1.165, 1.54) is 56.8 Å². The lowest BCUT2D eigenvalue weighted by Gasteiger charge is -2.35. The highest BCUT2D eigenvalue weighted by Gasteiger charge is 2.31. The van der Waals surface area contributed by atoms with Crippen molar-refractivity contribution >= 4 is 5.69 Å². The van der Waals surface area contributed by atoms with Crippen LogP contribution in [0.25, 0.3) is 0 Å². The Morgan fingerprint density at radius 3 is 2.62 bits per heavy atom. The minimum atomic E-state index is 0.608. The number of piperidine rings is 1. The van der Waals surface area contributed by atoms with Gasteiger partial charge < -0.3 is 10.2 Å². The smallest absolute Gasteiger partial charge is 0.0471 e. The standard InChI is InChI=1S/C17H28N4/c1-13-10-15(18-2)11-17(19-13)14-4-9-21(12-14)16-5-7-20(3)8-6-16/h10-11,14,16H,4-9,12H2,1-3H3,(H,18,19). The van der Waals surface area contributed by atoms with Gasteiger partial charge in [0, 0.05) is 42.6 Å². The predicted octanol–water partition coefficient (Wildman–Crippen LogP) is 2.32. The summed E-state index contributed by atoms with van der Waals surface area (Å²) in [5.74, 6) is 0.608. The van der Waals surface area contributed by atoms with E-state index in [1.54, 1.807) is 0 Å². The summed E-state index contributed by atoms with van der Waals surface area (Å²) >= 11 is 0. The van der Waals surface area contributed by atoms with Crippen LogP contribution in [0.3, 0.4) is 0 Å². The first kappa shape index (κ1) is 14.8. The van der Waals surface area contributed by atoms with Crippen LogP contribution in [0.2, 0.25) is 0 Å². The van der Waals surface area contributed by atoms with Crippen LogP contribution in [-0.2, 0) is 0 Å². The van der Waals surface area contributed by atoms with Crippen LogP contribution in [0, 0.1) is 6.92 Å². The first-order valence-electron chi connectivity index (χ1n) is 8.24. The molecule has 3 heterocycles. The molecule has 0 saturated carbocycles. The molecule has 3 rings (SSSR count). The van der Waals surface area contributed by atoms with E-state index < -0.39 is 0 Å². The highest BCUT2D eigenvalue weighted by atomic mass is 15.2. The summed E-state index contributed by atoms with van der Waals surface area (Å²) < 4.78 is 0. The van der Waals surface area contributed by atoms with Gasteiger partial charge in [-0.2, -0.15) is 0 Å². The Hall–Kier alpha value is -1.13. The molecule has 1 aromatic rings. The fraction of sp³-hybridized carbons (Fsp3) is 0.706. The molecule has 0 radical (unpaired) electrons. The Kier molecular flexibility index (Phi) is 4.45. The first-order valence-corrected chi connectivity index (χ1v) is 8.24. The molecule has 0 aromatic carbocycles. The van der Waals surface area contributed by atoms with Crippen LogP contribution >= 0.6 is 0 Å². The Bertz CT molecular complexity index is 480. The molecule has 2 saturated heterocycles. The fourth-order valence-corrected chi connectivity index (χ4v) is 3.77. The van der Waals surface area contributed by atoms with Gasteiger partial charge in [0.05, 0.1) is 0 Å². The van der Waals surface area contributed by atoms with Crippen molar-refractivity contribution in [2.45, 2.75) is 38.1 Å². The van der Waals surface area contributed by atoms with E-state index in [2.05, 4.69) is 41.2 Å². The second-order valence-corrected chi connectivity index (χ2v) is 6.69. The zero-order valence-electron chi connectivity index (χ0n) is 13.6. The molecule has 116 valence electrons. The van der Waals surface area contributed by atoms with Crippen molar-refractivity contribution in [3.63, 3.8) is 0 Å². The molecule has 0 aliphatic carbocycles. The van der Waals surface area contributed by atoms with Gasteiger partial charge in [-0.05, 0) is 65.0 Å². The molecule has 1 atom stereocenters. The third-order valence-corrected chi connectivity index (χ3v) is 5.10. The summed E-state index contributed by atoms with van der Waals surface area (Å²) in [6.45, 7) is 7.02. The zero-order valence-corrected chi connectivity index (χ0v) is 13.6. The van der Waals surface area contributed by atoms with Crippen LogP contribution in [0.1, 0.15) is 36.6 Å². The third-order valence-electron chi connectivity index (χ3n) is 5.10. The molecule has 1 unspecified atom stereocenters. The maximum absolute atomic E-state index is 4.78. The van der Waals surface area contributed by atoms with Crippen molar-refractivity contribution in [2.75, 3.05) is 45.6 Å². The van der Waals surface area contributed by atoms with Crippen LogP contribution in [0.5, 0.6) is 0 Å². The number of hydrogen-bond acceptors (Lipinski definition) is 4. The van der Waals surface area contributed by atoms with Crippen LogP contribution in [0.15, 0.2) is 12.1 Å². The predicted molar refractivity (Wildman–Crippen MR) is 88.0 cm³/mol. The van der Waals surface area contributed by atoms with Gasteiger partial charge in [-0.25, -0.2) is 0 Å². The molecule has 1 N–H and O–H groups in total. The molecule has 0 spiro atoms. The Morgan fingerprint density at radius 1 is 1.14 bits per heavy atom. The molecule has 1 aromatic heterocycles. The zero-order chi connectivity index (χ0) is 14.8. The molecule has 2 aliphatic heterocycles. The molecule has 2 aliphatic rings. The number of rotatable bonds is 3. The lowest BCUT2D eigenvalue weighted by Crippen LogP contribution is -2.42. The number of hydrogen-bond donors (Lipinski definition) is 1. The van der Waals surface area contributed by atoms with Crippen molar-refractivity contribution in [3.8, 4) is 0 Å². The number of likely N-dealkylation sites (tertiary alicyclic amines) is 2. The number of pyridine rings is 1. The Balaban J connectivity index is 1.65. The minimum absolute atomic E-state index is 0.608. The van der Waals surface area contributed by atoms with Gasteiger partial charge in [-0.15, -0.1) is 0 Å². The minimum Gasteiger partial charge on any atom is -0.388 e. The van der Waals surface area contributed by atoms with E-state index in [0.29, 0.717) is 5.92 Å². The molecular formula is C17H28N4. The summed E-state index contributed by atoms with van der Waals surface area (Å²) in [5, 5.41) is 3.25. The second-order valence-electron chi connectivity index (χ2n) is 6.69. The Morgan fingerprint density at radius 2 is 1.90 bits per heavy atom. The summed E-state index contributed by atoms with van der Waals surface area (Å²) in [7, 11) is 4.22. The molecular weight excluding hydrogens is 260 g/mol. The van der Waals surface area contributed by atoms with Gasteiger partial charge in [0.25, 0.3) is 0 Å². The molecule has 0 amide bonds. The van der Waals surface area contributed by atoms with Crippen LogP contribution in [0.4, 0.5) is 5.69 Å². The van der Waals surface area contributed by atoms with Gasteiger partial charge in [0.1, 0.15) is 0 Å². The van der Waals surface area contributed by atoms with Crippen molar-refractivity contribution < 1.29 is 0 Å². The van der Waals surface area contributed by atoms with E-state index in [4.69, 9.17) is 4.98 Å². The fourth-order valence-electron chi connectivity index (χ4n) is 3.77. The topological polar surface area (TPSA) is 31.4 Å². The number of nitrogens with one attached hydrogen (secondary N) is 1. The quantitative estimate of drug-likeness (QED) is 0.925. The van der Waals surface area contributed by atoms with E-state index in [0.717, 1.165) is 11.7 Å². The highest BCUT2D eigenvalue weighted by Crippen LogP contribution is 2.31. The maximum atomic E-state index is 4.78. The monoisotopic (exact) mass is 288 g/mol. The summed E-state index contributed by atoms with van der Waals surface area (Å²) in [4.78, 5) is 9.94. The van der Waals surface area contributed by atoms with E-state index in [1.807, 2.05) is 7.05 Å². The number of nitrogens with zero attached hydrogens (tertiary/aromatic N) is 3. The van der Waals surface area contributed by atoms with E-state index in [-0.39, 0.29) is 0 Å². The summed E-state index contributed by atoms with van der Waals surface area (Å²) in [5.41, 5.74) is 3.58. The number of aryl methyl sites for hydroxylation is 1. The lowest BCUT2D eigenvalue weighted by atomic mass is 10.0. The van der Waals surface area contributed by atoms with Crippen molar-refractivity contribution in [3.05, 3.63) is 23.5 Å². The van der Waals surface area contributed by atoms with E-state index in [9.17, 15) is 0 Å². The van der Waals surface area contributed by atoms with Gasteiger partial charge in [0.15, 0.2) is 0 Å². The number of anilines is 1. The Labute approximate surface area is 128 Å². The van der Waals surface area contributed by atoms with Crippen molar-refractivity contribution in [1.82, 2.24) is 14.8 Å². The van der Waals surface area contributed by atoms with E-state index >= 15 is 0 Å². The largest absolute Gasteiger partial charge is 0.388 e. The molecule has 2 fully saturated rings.